The summed E-state index contributed by atoms with van der Waals surface area (Å²) in [4.78, 5) is 37.1. The fourth-order valence-electron chi connectivity index (χ4n) is 3.83. The number of hydrogen-bond acceptors (Lipinski definition) is 5. The average molecular weight is 482 g/mol. The smallest absolute Gasteiger partial charge is 0.308 e. The van der Waals surface area contributed by atoms with Crippen LogP contribution in [0.2, 0.25) is 0 Å². The first-order valence-corrected chi connectivity index (χ1v) is 13.7. The molecule has 0 saturated heterocycles. The molecule has 0 aliphatic rings. The monoisotopic (exact) mass is 481 g/mol. The molecule has 6 nitrogen and oxygen atoms in total. The lowest BCUT2D eigenvalue weighted by Gasteiger charge is -2.31. The van der Waals surface area contributed by atoms with E-state index in [4.69, 9.17) is 9.47 Å². The topological polar surface area (TPSA) is 81.7 Å². The molecule has 0 aliphatic heterocycles. The molecule has 0 spiro atoms. The Morgan fingerprint density at radius 3 is 1.71 bits per heavy atom. The molecule has 0 heterocycles. The summed E-state index contributed by atoms with van der Waals surface area (Å²) in [6.07, 6.45) is 16.4. The minimum Gasteiger partial charge on any atom is -0.466 e. The van der Waals surface area contributed by atoms with Gasteiger partial charge in [0.05, 0.1) is 25.2 Å². The third-order valence-electron chi connectivity index (χ3n) is 6.01. The third-order valence-corrected chi connectivity index (χ3v) is 6.01. The van der Waals surface area contributed by atoms with Crippen LogP contribution in [0.4, 0.5) is 0 Å². The fraction of sp³-hybridized carbons (Fsp3) is 0.821. The Labute approximate surface area is 208 Å². The van der Waals surface area contributed by atoms with Crippen molar-refractivity contribution in [3.63, 3.8) is 0 Å². The first kappa shape index (κ1) is 32.1. The van der Waals surface area contributed by atoms with E-state index in [2.05, 4.69) is 25.7 Å². The van der Waals surface area contributed by atoms with Crippen molar-refractivity contribution in [3.05, 3.63) is 12.7 Å². The van der Waals surface area contributed by atoms with Crippen molar-refractivity contribution in [1.29, 1.82) is 0 Å². The van der Waals surface area contributed by atoms with Gasteiger partial charge in [0.2, 0.25) is 5.91 Å². The molecule has 0 rings (SSSR count). The van der Waals surface area contributed by atoms with Crippen LogP contribution < -0.4 is 5.32 Å². The second-order valence-electron chi connectivity index (χ2n) is 9.31. The number of ether oxygens (including phenoxy) is 2. The maximum Gasteiger partial charge on any atom is 0.308 e. The van der Waals surface area contributed by atoms with E-state index in [0.717, 1.165) is 38.5 Å². The van der Waals surface area contributed by atoms with Crippen LogP contribution in [0.3, 0.4) is 0 Å². The lowest BCUT2D eigenvalue weighted by atomic mass is 9.89. The quantitative estimate of drug-likeness (QED) is 0.0985. The van der Waals surface area contributed by atoms with Crippen LogP contribution in [0.1, 0.15) is 130 Å². The van der Waals surface area contributed by atoms with Crippen LogP contribution in [-0.4, -0.2) is 36.6 Å². The zero-order valence-corrected chi connectivity index (χ0v) is 22.3. The largest absolute Gasteiger partial charge is 0.466 e. The number of esters is 2. The van der Waals surface area contributed by atoms with Crippen molar-refractivity contribution >= 4 is 17.8 Å². The second-order valence-corrected chi connectivity index (χ2v) is 9.31. The summed E-state index contributed by atoms with van der Waals surface area (Å²) in [6.45, 7) is 10.9. The molecular weight excluding hydrogens is 430 g/mol. The van der Waals surface area contributed by atoms with Crippen LogP contribution >= 0.6 is 0 Å². The predicted octanol–water partition coefficient (Wildman–Crippen LogP) is 6.81. The van der Waals surface area contributed by atoms with Crippen LogP contribution in [0.5, 0.6) is 0 Å². The van der Waals surface area contributed by atoms with Gasteiger partial charge in [-0.05, 0) is 25.7 Å². The van der Waals surface area contributed by atoms with Crippen molar-refractivity contribution in [2.45, 2.75) is 135 Å². The van der Waals surface area contributed by atoms with E-state index >= 15 is 0 Å². The molecule has 0 aliphatic carbocycles. The lowest BCUT2D eigenvalue weighted by molar-refractivity contribution is -0.147. The summed E-state index contributed by atoms with van der Waals surface area (Å²) in [5.41, 5.74) is -1.01. The third kappa shape index (κ3) is 17.6. The van der Waals surface area contributed by atoms with Crippen molar-refractivity contribution < 1.29 is 23.9 Å². The van der Waals surface area contributed by atoms with Gasteiger partial charge in [-0.25, -0.2) is 0 Å². The average Bonchev–Trinajstić information content (AvgIpc) is 2.81. The maximum absolute atomic E-state index is 12.5. The number of carbonyl (C=O) groups is 3. The van der Waals surface area contributed by atoms with E-state index in [0.29, 0.717) is 26.1 Å². The van der Waals surface area contributed by atoms with Crippen LogP contribution in [-0.2, 0) is 23.9 Å². The molecule has 6 heteroatoms. The van der Waals surface area contributed by atoms with Crippen molar-refractivity contribution in [2.24, 2.45) is 0 Å². The zero-order chi connectivity index (χ0) is 25.5. The molecule has 1 amide bonds. The summed E-state index contributed by atoms with van der Waals surface area (Å²) in [6, 6.07) is 0. The molecule has 1 unspecified atom stereocenters. The van der Waals surface area contributed by atoms with Crippen LogP contribution in [0.15, 0.2) is 12.7 Å². The lowest BCUT2D eigenvalue weighted by Crippen LogP contribution is -2.49. The molecule has 34 heavy (non-hydrogen) atoms. The van der Waals surface area contributed by atoms with E-state index in [1.807, 2.05) is 6.92 Å². The molecule has 1 N–H and O–H groups in total. The fourth-order valence-corrected chi connectivity index (χ4v) is 3.83. The molecule has 0 bridgehead atoms. The minimum atomic E-state index is -1.01. The number of carbonyl (C=O) groups excluding carboxylic acids is 3. The molecule has 0 fully saturated rings. The standard InChI is InChI=1S/C28H51NO5/c1-5-9-11-13-15-17-22-33-26(31)20-21-28(8-4,29-25(30)19-7-3)24-27(32)34-23-18-16-14-12-10-6-2/h8H,4-7,9-24H2,1-3H3,(H,29,30). The number of amides is 1. The van der Waals surface area contributed by atoms with Gasteiger partial charge in [-0.15, -0.1) is 6.58 Å². The Hall–Kier alpha value is -1.85. The number of rotatable bonds is 23. The van der Waals surface area contributed by atoms with Crippen molar-refractivity contribution in [2.75, 3.05) is 13.2 Å². The molecule has 0 aromatic carbocycles. The zero-order valence-electron chi connectivity index (χ0n) is 22.3. The summed E-state index contributed by atoms with van der Waals surface area (Å²) in [7, 11) is 0. The van der Waals surface area contributed by atoms with Crippen LogP contribution in [0, 0.1) is 0 Å². The first-order valence-electron chi connectivity index (χ1n) is 13.7. The van der Waals surface area contributed by atoms with Gasteiger partial charge >= 0.3 is 11.9 Å². The van der Waals surface area contributed by atoms with E-state index in [1.165, 1.54) is 38.5 Å². The predicted molar refractivity (Wildman–Crippen MR) is 138 cm³/mol. The maximum atomic E-state index is 12.5. The summed E-state index contributed by atoms with van der Waals surface area (Å²) >= 11 is 0. The highest BCUT2D eigenvalue weighted by Gasteiger charge is 2.32. The van der Waals surface area contributed by atoms with Crippen molar-refractivity contribution in [3.8, 4) is 0 Å². The highest BCUT2D eigenvalue weighted by Crippen LogP contribution is 2.22. The molecule has 0 saturated carbocycles. The van der Waals surface area contributed by atoms with Crippen molar-refractivity contribution in [1.82, 2.24) is 5.32 Å². The number of hydrogen-bond donors (Lipinski definition) is 1. The molecule has 0 aromatic heterocycles. The Bertz CT molecular complexity index is 563. The Morgan fingerprint density at radius 1 is 0.706 bits per heavy atom. The Balaban J connectivity index is 4.59. The van der Waals surface area contributed by atoms with Gasteiger partial charge in [0.25, 0.3) is 0 Å². The van der Waals surface area contributed by atoms with Gasteiger partial charge in [0, 0.05) is 12.8 Å². The number of nitrogens with one attached hydrogen (secondary N) is 1. The van der Waals surface area contributed by atoms with E-state index in [-0.39, 0.29) is 37.1 Å². The SMILES string of the molecule is C=CC(CCC(=O)OCCCCCCCC)(CC(=O)OCCCCCCCC)NC(=O)CCC. The molecule has 1 atom stereocenters. The summed E-state index contributed by atoms with van der Waals surface area (Å²) in [5.74, 6) is -0.859. The van der Waals surface area contributed by atoms with Gasteiger partial charge in [-0.1, -0.05) is 91.1 Å². The molecule has 0 aromatic rings. The van der Waals surface area contributed by atoms with E-state index in [1.54, 1.807) is 6.08 Å². The molecule has 198 valence electrons. The summed E-state index contributed by atoms with van der Waals surface area (Å²) < 4.78 is 10.8. The molecule has 0 radical (unpaired) electrons. The second kappa shape index (κ2) is 21.7. The minimum absolute atomic E-state index is 0.0352. The summed E-state index contributed by atoms with van der Waals surface area (Å²) in [5, 5.41) is 2.92. The van der Waals surface area contributed by atoms with Gasteiger partial charge in [-0.2, -0.15) is 0 Å². The van der Waals surface area contributed by atoms with Gasteiger partial charge < -0.3 is 14.8 Å². The highest BCUT2D eigenvalue weighted by molar-refractivity contribution is 5.79. The normalized spacial score (nSPS) is 12.6. The Kier molecular flexibility index (Phi) is 20.5. The Morgan fingerprint density at radius 2 is 1.21 bits per heavy atom. The number of unbranched alkanes of at least 4 members (excludes halogenated alkanes) is 10. The van der Waals surface area contributed by atoms with Gasteiger partial charge in [0.15, 0.2) is 0 Å². The van der Waals surface area contributed by atoms with Crippen LogP contribution in [0.25, 0.3) is 0 Å². The van der Waals surface area contributed by atoms with E-state index < -0.39 is 5.54 Å². The highest BCUT2D eigenvalue weighted by atomic mass is 16.5. The van der Waals surface area contributed by atoms with E-state index in [9.17, 15) is 14.4 Å². The first-order chi connectivity index (χ1) is 16.4. The van der Waals surface area contributed by atoms with Gasteiger partial charge in [0.1, 0.15) is 0 Å². The van der Waals surface area contributed by atoms with Gasteiger partial charge in [-0.3, -0.25) is 14.4 Å². The molecular formula is C28H51NO5.